The Morgan fingerprint density at radius 2 is 2.00 bits per heavy atom. The summed E-state index contributed by atoms with van der Waals surface area (Å²) in [4.78, 5) is 0. The van der Waals surface area contributed by atoms with Gasteiger partial charge in [-0.15, -0.1) is 0 Å². The van der Waals surface area contributed by atoms with Crippen molar-refractivity contribution < 1.29 is 0 Å². The van der Waals surface area contributed by atoms with Gasteiger partial charge >= 0.3 is 0 Å². The fraction of sp³-hybridized carbons (Fsp3) is 0.0909. The van der Waals surface area contributed by atoms with Crippen molar-refractivity contribution in [1.29, 1.82) is 10.5 Å². The lowest BCUT2D eigenvalue weighted by Gasteiger charge is -2.05. The summed E-state index contributed by atoms with van der Waals surface area (Å²) in [6.07, 6.45) is 0. The first kappa shape index (κ1) is 11.1. The average Bonchev–Trinajstić information content (AvgIpc) is 2.25. The highest BCUT2D eigenvalue weighted by Crippen LogP contribution is 2.15. The molecule has 0 unspecified atom stereocenters. The molecular formula is C11H8ClN3. The molecule has 74 valence electrons. The molecular weight excluding hydrogens is 210 g/mol. The summed E-state index contributed by atoms with van der Waals surface area (Å²) >= 11 is 5.59. The Labute approximate surface area is 93.2 Å². The Morgan fingerprint density at radius 3 is 2.53 bits per heavy atom. The molecule has 1 N–H and O–H groups in total. The first-order chi connectivity index (χ1) is 7.17. The zero-order valence-electron chi connectivity index (χ0n) is 7.92. The van der Waals surface area contributed by atoms with Gasteiger partial charge in [-0.05, 0) is 18.2 Å². The van der Waals surface area contributed by atoms with Crippen LogP contribution >= 0.6 is 11.6 Å². The number of nitriles is 2. The molecule has 1 aromatic carbocycles. The van der Waals surface area contributed by atoms with E-state index in [0.29, 0.717) is 22.7 Å². The molecule has 3 nitrogen and oxygen atoms in total. The van der Waals surface area contributed by atoms with Crippen molar-refractivity contribution in [1.82, 2.24) is 0 Å². The lowest BCUT2D eigenvalue weighted by Crippen LogP contribution is -2.01. The Hall–Kier alpha value is -1.97. The molecule has 0 spiro atoms. The molecule has 0 saturated carbocycles. The maximum absolute atomic E-state index is 8.78. The number of anilines is 1. The van der Waals surface area contributed by atoms with Crippen molar-refractivity contribution in [3.8, 4) is 12.1 Å². The van der Waals surface area contributed by atoms with Crippen molar-refractivity contribution in [2.75, 3.05) is 11.9 Å². The van der Waals surface area contributed by atoms with Gasteiger partial charge in [0.05, 0.1) is 17.7 Å². The second-order valence-corrected chi connectivity index (χ2v) is 3.39. The fourth-order valence-corrected chi connectivity index (χ4v) is 1.11. The first-order valence-corrected chi connectivity index (χ1v) is 4.56. The highest BCUT2D eigenvalue weighted by atomic mass is 35.5. The van der Waals surface area contributed by atoms with Crippen LogP contribution in [0.3, 0.4) is 0 Å². The molecule has 0 amide bonds. The SMILES string of the molecule is C=C(Cl)CNc1ccc(C#N)c(C#N)c1. The highest BCUT2D eigenvalue weighted by molar-refractivity contribution is 6.29. The number of hydrogen-bond acceptors (Lipinski definition) is 3. The van der Waals surface area contributed by atoms with E-state index in [1.54, 1.807) is 18.2 Å². The smallest absolute Gasteiger partial charge is 0.101 e. The van der Waals surface area contributed by atoms with Crippen molar-refractivity contribution in [2.45, 2.75) is 0 Å². The molecule has 0 radical (unpaired) electrons. The number of nitrogens with zero attached hydrogens (tertiary/aromatic N) is 2. The van der Waals surface area contributed by atoms with Crippen LogP contribution in [0.4, 0.5) is 5.69 Å². The molecule has 4 heteroatoms. The molecule has 1 aromatic rings. The number of nitrogens with one attached hydrogen (secondary N) is 1. The lowest BCUT2D eigenvalue weighted by molar-refractivity contribution is 1.31. The van der Waals surface area contributed by atoms with Crippen LogP contribution < -0.4 is 5.32 Å². The molecule has 0 aliphatic carbocycles. The van der Waals surface area contributed by atoms with Gasteiger partial charge in [0.25, 0.3) is 0 Å². The van der Waals surface area contributed by atoms with Crippen molar-refractivity contribution in [2.24, 2.45) is 0 Å². The minimum Gasteiger partial charge on any atom is -0.380 e. The van der Waals surface area contributed by atoms with Gasteiger partial charge in [-0.25, -0.2) is 0 Å². The van der Waals surface area contributed by atoms with Crippen LogP contribution in [0.2, 0.25) is 0 Å². The van der Waals surface area contributed by atoms with Gasteiger partial charge in [-0.2, -0.15) is 10.5 Å². The van der Waals surface area contributed by atoms with Crippen molar-refractivity contribution in [3.63, 3.8) is 0 Å². The standard InChI is InChI=1S/C11H8ClN3/c1-8(12)7-15-11-3-2-9(5-13)10(4-11)6-14/h2-4,15H,1,7H2. The van der Waals surface area contributed by atoms with E-state index in [2.05, 4.69) is 11.9 Å². The van der Waals surface area contributed by atoms with E-state index in [9.17, 15) is 0 Å². The molecule has 0 saturated heterocycles. The van der Waals surface area contributed by atoms with Crippen molar-refractivity contribution >= 4 is 17.3 Å². The van der Waals surface area contributed by atoms with Gasteiger partial charge in [0.15, 0.2) is 0 Å². The second-order valence-electron chi connectivity index (χ2n) is 2.85. The maximum Gasteiger partial charge on any atom is 0.101 e. The second kappa shape index (κ2) is 5.05. The van der Waals surface area contributed by atoms with Crippen LogP contribution in [0, 0.1) is 22.7 Å². The molecule has 0 bridgehead atoms. The van der Waals surface area contributed by atoms with E-state index >= 15 is 0 Å². The molecule has 0 atom stereocenters. The highest BCUT2D eigenvalue weighted by Gasteiger charge is 2.02. The molecule has 0 aromatic heterocycles. The van der Waals surface area contributed by atoms with Gasteiger partial charge in [0, 0.05) is 10.7 Å². The Morgan fingerprint density at radius 1 is 1.33 bits per heavy atom. The Bertz CT molecular complexity index is 466. The van der Waals surface area contributed by atoms with E-state index < -0.39 is 0 Å². The summed E-state index contributed by atoms with van der Waals surface area (Å²) in [5, 5.41) is 20.9. The summed E-state index contributed by atoms with van der Waals surface area (Å²) < 4.78 is 0. The Kier molecular flexibility index (Phi) is 3.74. The topological polar surface area (TPSA) is 59.6 Å². The largest absolute Gasteiger partial charge is 0.380 e. The third-order valence-electron chi connectivity index (χ3n) is 1.74. The molecule has 1 rings (SSSR count). The van der Waals surface area contributed by atoms with E-state index in [-0.39, 0.29) is 0 Å². The predicted octanol–water partition coefficient (Wildman–Crippen LogP) is 2.59. The van der Waals surface area contributed by atoms with E-state index in [1.165, 1.54) is 0 Å². The van der Waals surface area contributed by atoms with Crippen LogP contribution in [0.15, 0.2) is 29.8 Å². The summed E-state index contributed by atoms with van der Waals surface area (Å²) in [6, 6.07) is 8.83. The molecule has 0 fully saturated rings. The van der Waals surface area contributed by atoms with Gasteiger partial charge in [-0.1, -0.05) is 18.2 Å². The molecule has 0 heterocycles. The summed E-state index contributed by atoms with van der Waals surface area (Å²) in [6.45, 7) is 3.96. The minimum absolute atomic E-state index is 0.350. The van der Waals surface area contributed by atoms with Crippen LogP contribution in [0.25, 0.3) is 0 Å². The average molecular weight is 218 g/mol. The quantitative estimate of drug-likeness (QED) is 0.847. The van der Waals surface area contributed by atoms with Crippen LogP contribution in [0.5, 0.6) is 0 Å². The minimum atomic E-state index is 0.350. The monoisotopic (exact) mass is 217 g/mol. The van der Waals surface area contributed by atoms with Gasteiger partial charge in [0.2, 0.25) is 0 Å². The predicted molar refractivity (Wildman–Crippen MR) is 59.4 cm³/mol. The zero-order valence-corrected chi connectivity index (χ0v) is 8.67. The Balaban J connectivity index is 2.91. The van der Waals surface area contributed by atoms with Crippen molar-refractivity contribution in [3.05, 3.63) is 40.9 Å². The van der Waals surface area contributed by atoms with Gasteiger partial charge in [-0.3, -0.25) is 0 Å². The number of halogens is 1. The van der Waals surface area contributed by atoms with Crippen LogP contribution in [0.1, 0.15) is 11.1 Å². The van der Waals surface area contributed by atoms with Gasteiger partial charge in [0.1, 0.15) is 12.1 Å². The maximum atomic E-state index is 8.78. The number of hydrogen-bond donors (Lipinski definition) is 1. The van der Waals surface area contributed by atoms with E-state index in [1.807, 2.05) is 12.1 Å². The molecule has 0 aliphatic heterocycles. The molecule has 15 heavy (non-hydrogen) atoms. The van der Waals surface area contributed by atoms with Crippen LogP contribution in [-0.4, -0.2) is 6.54 Å². The van der Waals surface area contributed by atoms with Gasteiger partial charge < -0.3 is 5.32 Å². The number of rotatable bonds is 3. The lowest BCUT2D eigenvalue weighted by atomic mass is 10.1. The normalized spacial score (nSPS) is 8.73. The third kappa shape index (κ3) is 3.02. The summed E-state index contributed by atoms with van der Waals surface area (Å²) in [7, 11) is 0. The summed E-state index contributed by atoms with van der Waals surface area (Å²) in [5.41, 5.74) is 1.46. The first-order valence-electron chi connectivity index (χ1n) is 4.18. The molecule has 0 aliphatic rings. The summed E-state index contributed by atoms with van der Waals surface area (Å²) in [5.74, 6) is 0. The number of benzene rings is 1. The fourth-order valence-electron chi connectivity index (χ4n) is 1.04. The van der Waals surface area contributed by atoms with Crippen LogP contribution in [-0.2, 0) is 0 Å². The zero-order chi connectivity index (χ0) is 11.3. The van der Waals surface area contributed by atoms with E-state index in [4.69, 9.17) is 22.1 Å². The van der Waals surface area contributed by atoms with E-state index in [0.717, 1.165) is 5.69 Å². The third-order valence-corrected chi connectivity index (χ3v) is 1.88.